The first-order valence-corrected chi connectivity index (χ1v) is 6.95. The van der Waals surface area contributed by atoms with Gasteiger partial charge >= 0.3 is 0 Å². The molecule has 3 heteroatoms. The number of rotatable bonds is 6. The number of nitrogens with zero attached hydrogens (tertiary/aromatic N) is 1. The second-order valence-corrected chi connectivity index (χ2v) is 4.87. The highest BCUT2D eigenvalue weighted by Gasteiger charge is 2.12. The van der Waals surface area contributed by atoms with Crippen LogP contribution in [0.5, 0.6) is 0 Å². The van der Waals surface area contributed by atoms with Crippen molar-refractivity contribution in [2.45, 2.75) is 20.0 Å². The van der Waals surface area contributed by atoms with E-state index in [9.17, 15) is 4.39 Å². The maximum absolute atomic E-state index is 14.2. The van der Waals surface area contributed by atoms with Gasteiger partial charge in [-0.1, -0.05) is 49.4 Å². The van der Waals surface area contributed by atoms with Crippen LogP contribution in [0.15, 0.2) is 48.5 Å². The van der Waals surface area contributed by atoms with E-state index in [-0.39, 0.29) is 5.82 Å². The van der Waals surface area contributed by atoms with Gasteiger partial charge in [-0.25, -0.2) is 4.39 Å². The maximum Gasteiger partial charge on any atom is 0.146 e. The van der Waals surface area contributed by atoms with Gasteiger partial charge in [-0.2, -0.15) is 0 Å². The Hall–Kier alpha value is -1.87. The third-order valence-corrected chi connectivity index (χ3v) is 3.28. The molecule has 0 atom stereocenters. The molecule has 0 saturated carbocycles. The Morgan fingerprint density at radius 3 is 2.50 bits per heavy atom. The van der Waals surface area contributed by atoms with Crippen molar-refractivity contribution in [3.63, 3.8) is 0 Å². The zero-order chi connectivity index (χ0) is 14.4. The lowest BCUT2D eigenvalue weighted by atomic mass is 10.1. The molecule has 2 rings (SSSR count). The van der Waals surface area contributed by atoms with Crippen LogP contribution in [0.25, 0.3) is 0 Å². The molecule has 0 heterocycles. The minimum atomic E-state index is -0.168. The number of benzene rings is 2. The third kappa shape index (κ3) is 3.58. The molecule has 0 aliphatic heterocycles. The lowest BCUT2D eigenvalue weighted by Crippen LogP contribution is -2.22. The average molecular weight is 272 g/mol. The molecule has 0 amide bonds. The molecule has 0 saturated heterocycles. The van der Waals surface area contributed by atoms with Crippen molar-refractivity contribution in [2.24, 2.45) is 0 Å². The molecular formula is C17H21FN2. The summed E-state index contributed by atoms with van der Waals surface area (Å²) in [7, 11) is 1.93. The highest BCUT2D eigenvalue weighted by Crippen LogP contribution is 2.25. The topological polar surface area (TPSA) is 15.3 Å². The Morgan fingerprint density at radius 1 is 1.05 bits per heavy atom. The van der Waals surface area contributed by atoms with Crippen molar-refractivity contribution >= 4 is 5.69 Å². The largest absolute Gasteiger partial charge is 0.368 e. The predicted molar refractivity (Wildman–Crippen MR) is 82.3 cm³/mol. The minimum absolute atomic E-state index is 0.168. The summed E-state index contributed by atoms with van der Waals surface area (Å²) in [6, 6.07) is 15.4. The average Bonchev–Trinajstić information content (AvgIpc) is 2.46. The van der Waals surface area contributed by atoms with Crippen molar-refractivity contribution in [1.82, 2.24) is 5.32 Å². The van der Waals surface area contributed by atoms with Gasteiger partial charge in [-0.05, 0) is 23.7 Å². The summed E-state index contributed by atoms with van der Waals surface area (Å²) >= 11 is 0. The standard InChI is InChI=1S/C17H21FN2/c1-3-19-12-15-10-7-11-16(18)17(15)20(2)13-14-8-5-4-6-9-14/h4-11,19H,3,12-13H2,1-2H3. The Kier molecular flexibility index (Phi) is 5.13. The van der Waals surface area contributed by atoms with Crippen LogP contribution >= 0.6 is 0 Å². The van der Waals surface area contributed by atoms with Gasteiger partial charge < -0.3 is 10.2 Å². The van der Waals surface area contributed by atoms with Crippen molar-refractivity contribution in [2.75, 3.05) is 18.5 Å². The van der Waals surface area contributed by atoms with Crippen molar-refractivity contribution in [3.05, 3.63) is 65.5 Å². The molecule has 0 aliphatic rings. The molecule has 106 valence electrons. The van der Waals surface area contributed by atoms with Crippen LogP contribution in [0, 0.1) is 5.82 Å². The first kappa shape index (κ1) is 14.5. The smallest absolute Gasteiger partial charge is 0.146 e. The second kappa shape index (κ2) is 7.06. The summed E-state index contributed by atoms with van der Waals surface area (Å²) in [5.41, 5.74) is 2.84. The number of hydrogen-bond acceptors (Lipinski definition) is 2. The lowest BCUT2D eigenvalue weighted by Gasteiger charge is -2.23. The molecular weight excluding hydrogens is 251 g/mol. The Morgan fingerprint density at radius 2 is 1.80 bits per heavy atom. The monoisotopic (exact) mass is 272 g/mol. The Balaban J connectivity index is 2.21. The van der Waals surface area contributed by atoms with Gasteiger partial charge in [0.05, 0.1) is 5.69 Å². The van der Waals surface area contributed by atoms with Gasteiger partial charge in [0, 0.05) is 20.1 Å². The molecule has 0 bridgehead atoms. The van der Waals surface area contributed by atoms with Crippen molar-refractivity contribution < 1.29 is 4.39 Å². The van der Waals surface area contributed by atoms with E-state index in [4.69, 9.17) is 0 Å². The van der Waals surface area contributed by atoms with E-state index in [0.29, 0.717) is 18.8 Å². The molecule has 0 aromatic heterocycles. The fraction of sp³-hybridized carbons (Fsp3) is 0.294. The molecule has 2 aromatic rings. The van der Waals surface area contributed by atoms with E-state index in [2.05, 4.69) is 17.4 Å². The Bertz CT molecular complexity index is 540. The molecule has 0 unspecified atom stereocenters. The summed E-state index contributed by atoms with van der Waals surface area (Å²) < 4.78 is 14.2. The molecule has 2 nitrogen and oxygen atoms in total. The quantitative estimate of drug-likeness (QED) is 0.865. The molecule has 0 radical (unpaired) electrons. The third-order valence-electron chi connectivity index (χ3n) is 3.28. The number of para-hydroxylation sites is 1. The van der Waals surface area contributed by atoms with Crippen LogP contribution < -0.4 is 10.2 Å². The molecule has 20 heavy (non-hydrogen) atoms. The second-order valence-electron chi connectivity index (χ2n) is 4.87. The number of nitrogens with one attached hydrogen (secondary N) is 1. The SMILES string of the molecule is CCNCc1cccc(F)c1N(C)Cc1ccccc1. The summed E-state index contributed by atoms with van der Waals surface area (Å²) in [6.07, 6.45) is 0. The summed E-state index contributed by atoms with van der Waals surface area (Å²) in [5, 5.41) is 3.26. The van der Waals surface area contributed by atoms with E-state index in [1.807, 2.05) is 43.1 Å². The molecule has 0 aliphatic carbocycles. The normalized spacial score (nSPS) is 10.6. The predicted octanol–water partition coefficient (Wildman–Crippen LogP) is 3.57. The van der Waals surface area contributed by atoms with Crippen LogP contribution in [0.1, 0.15) is 18.1 Å². The van der Waals surface area contributed by atoms with Gasteiger partial charge in [0.25, 0.3) is 0 Å². The van der Waals surface area contributed by atoms with Crippen LogP contribution in [0.2, 0.25) is 0 Å². The van der Waals surface area contributed by atoms with Crippen LogP contribution in [0.3, 0.4) is 0 Å². The van der Waals surface area contributed by atoms with Gasteiger partial charge in [-0.3, -0.25) is 0 Å². The van der Waals surface area contributed by atoms with Gasteiger partial charge in [-0.15, -0.1) is 0 Å². The molecule has 0 spiro atoms. The van der Waals surface area contributed by atoms with Crippen LogP contribution in [-0.4, -0.2) is 13.6 Å². The maximum atomic E-state index is 14.2. The van der Waals surface area contributed by atoms with Gasteiger partial charge in [0.15, 0.2) is 0 Å². The number of hydrogen-bond donors (Lipinski definition) is 1. The zero-order valence-corrected chi connectivity index (χ0v) is 12.1. The number of halogens is 1. The van der Waals surface area contributed by atoms with E-state index in [1.54, 1.807) is 6.07 Å². The van der Waals surface area contributed by atoms with E-state index < -0.39 is 0 Å². The fourth-order valence-corrected chi connectivity index (χ4v) is 2.33. The first-order chi connectivity index (χ1) is 9.72. The molecule has 0 fully saturated rings. The number of anilines is 1. The van der Waals surface area contributed by atoms with Crippen molar-refractivity contribution in [3.8, 4) is 0 Å². The van der Waals surface area contributed by atoms with Crippen LogP contribution in [0.4, 0.5) is 10.1 Å². The van der Waals surface area contributed by atoms with Gasteiger partial charge in [0.2, 0.25) is 0 Å². The summed E-state index contributed by atoms with van der Waals surface area (Å²) in [4.78, 5) is 1.97. The van der Waals surface area contributed by atoms with E-state index in [0.717, 1.165) is 12.1 Å². The summed E-state index contributed by atoms with van der Waals surface area (Å²) in [6.45, 7) is 4.30. The first-order valence-electron chi connectivity index (χ1n) is 6.95. The minimum Gasteiger partial charge on any atom is -0.368 e. The Labute approximate surface area is 120 Å². The van der Waals surface area contributed by atoms with E-state index in [1.165, 1.54) is 11.6 Å². The lowest BCUT2D eigenvalue weighted by molar-refractivity contribution is 0.615. The zero-order valence-electron chi connectivity index (χ0n) is 12.1. The highest BCUT2D eigenvalue weighted by atomic mass is 19.1. The van der Waals surface area contributed by atoms with Gasteiger partial charge in [0.1, 0.15) is 5.82 Å². The van der Waals surface area contributed by atoms with Crippen LogP contribution in [-0.2, 0) is 13.1 Å². The fourth-order valence-electron chi connectivity index (χ4n) is 2.33. The van der Waals surface area contributed by atoms with E-state index >= 15 is 0 Å². The molecule has 2 aromatic carbocycles. The summed E-state index contributed by atoms with van der Waals surface area (Å²) in [5.74, 6) is -0.168. The highest BCUT2D eigenvalue weighted by molar-refractivity contribution is 5.54. The van der Waals surface area contributed by atoms with Crippen molar-refractivity contribution in [1.29, 1.82) is 0 Å². The molecule has 1 N–H and O–H groups in total.